The summed E-state index contributed by atoms with van der Waals surface area (Å²) in [4.78, 5) is 12.7. The maximum absolute atomic E-state index is 12.7. The van der Waals surface area contributed by atoms with Crippen LogP contribution in [0.4, 0.5) is 5.69 Å². The van der Waals surface area contributed by atoms with Gasteiger partial charge in [0.1, 0.15) is 16.8 Å². The van der Waals surface area contributed by atoms with Gasteiger partial charge in [0.15, 0.2) is 11.0 Å². The molecule has 0 aliphatic carbocycles. The highest BCUT2D eigenvalue weighted by molar-refractivity contribution is 7.99. The number of rotatable bonds is 8. The number of carbonyl (C=O) groups is 1. The third kappa shape index (κ3) is 4.85. The second-order valence-electron chi connectivity index (χ2n) is 7.55. The van der Waals surface area contributed by atoms with Gasteiger partial charge in [0.05, 0.1) is 42.9 Å². The summed E-state index contributed by atoms with van der Waals surface area (Å²) in [6.45, 7) is 1.41. The Morgan fingerprint density at radius 3 is 2.91 bits per heavy atom. The molecule has 9 nitrogen and oxygen atoms in total. The zero-order valence-electron chi connectivity index (χ0n) is 17.9. The van der Waals surface area contributed by atoms with Crippen molar-refractivity contribution in [3.05, 3.63) is 42.5 Å². The van der Waals surface area contributed by atoms with Crippen molar-refractivity contribution in [2.75, 3.05) is 24.8 Å². The molecule has 2 aromatic heterocycles. The number of nitrogens with one attached hydrogen (secondary N) is 1. The molecule has 1 atom stereocenters. The molecule has 170 valence electrons. The predicted octanol–water partition coefficient (Wildman–Crippen LogP) is 3.87. The Hall–Kier alpha value is -3.02. The number of thioether (sulfide) groups is 1. The maximum Gasteiger partial charge on any atom is 0.234 e. The molecule has 1 aliphatic heterocycles. The Labute approximate surface area is 198 Å². The van der Waals surface area contributed by atoms with Gasteiger partial charge in [0.25, 0.3) is 0 Å². The van der Waals surface area contributed by atoms with Crippen LogP contribution in [0.3, 0.4) is 0 Å². The van der Waals surface area contributed by atoms with E-state index in [1.807, 2.05) is 47.0 Å². The first-order chi connectivity index (χ1) is 16.2. The molecule has 1 fully saturated rings. The average molecular weight is 483 g/mol. The molecule has 0 saturated carbocycles. The fourth-order valence-corrected chi connectivity index (χ4v) is 5.03. The Morgan fingerprint density at radius 1 is 1.24 bits per heavy atom. The third-order valence-corrected chi connectivity index (χ3v) is 6.88. The van der Waals surface area contributed by atoms with E-state index >= 15 is 0 Å². The third-order valence-electron chi connectivity index (χ3n) is 5.37. The molecular weight excluding hydrogens is 460 g/mol. The lowest BCUT2D eigenvalue weighted by Crippen LogP contribution is -2.18. The average Bonchev–Trinajstić information content (AvgIpc) is 3.60. The van der Waals surface area contributed by atoms with Crippen LogP contribution in [0.1, 0.15) is 12.8 Å². The van der Waals surface area contributed by atoms with E-state index in [2.05, 4.69) is 24.3 Å². The van der Waals surface area contributed by atoms with Crippen LogP contribution in [0.15, 0.2) is 47.6 Å². The number of nitrogens with zero attached hydrogens (tertiary/aromatic N) is 5. The van der Waals surface area contributed by atoms with Gasteiger partial charge in [0.2, 0.25) is 5.91 Å². The summed E-state index contributed by atoms with van der Waals surface area (Å²) in [5.74, 6) is 1.58. The second kappa shape index (κ2) is 9.86. The molecular formula is C22H22N6O3S2. The molecule has 4 aromatic rings. The van der Waals surface area contributed by atoms with Gasteiger partial charge in [-0.3, -0.25) is 9.36 Å². The van der Waals surface area contributed by atoms with Crippen molar-refractivity contribution in [1.29, 1.82) is 0 Å². The van der Waals surface area contributed by atoms with E-state index in [9.17, 15) is 4.79 Å². The quantitative estimate of drug-likeness (QED) is 0.378. The molecule has 1 saturated heterocycles. The van der Waals surface area contributed by atoms with Crippen molar-refractivity contribution in [1.82, 2.24) is 23.5 Å². The number of fused-ring (bicyclic) bond motifs is 1. The molecule has 2 aromatic carbocycles. The summed E-state index contributed by atoms with van der Waals surface area (Å²) >= 11 is 2.48. The van der Waals surface area contributed by atoms with E-state index < -0.39 is 0 Å². The Balaban J connectivity index is 1.33. The van der Waals surface area contributed by atoms with E-state index in [-0.39, 0.29) is 17.8 Å². The monoisotopic (exact) mass is 482 g/mol. The number of carbonyl (C=O) groups excluding carboxylic acids is 1. The number of methoxy groups -OCH3 is 1. The molecule has 0 bridgehead atoms. The summed E-state index contributed by atoms with van der Waals surface area (Å²) in [5, 5.41) is 12.4. The summed E-state index contributed by atoms with van der Waals surface area (Å²) < 4.78 is 21.6. The summed E-state index contributed by atoms with van der Waals surface area (Å²) in [7, 11) is 1.64. The lowest BCUT2D eigenvalue weighted by molar-refractivity contribution is -0.113. The lowest BCUT2D eigenvalue weighted by Gasteiger charge is -2.15. The van der Waals surface area contributed by atoms with Crippen LogP contribution < -0.4 is 10.1 Å². The van der Waals surface area contributed by atoms with Crippen molar-refractivity contribution in [3.8, 4) is 17.1 Å². The molecule has 0 radical (unpaired) electrons. The summed E-state index contributed by atoms with van der Waals surface area (Å²) in [6, 6.07) is 13.3. The van der Waals surface area contributed by atoms with Gasteiger partial charge in [-0.2, -0.15) is 8.75 Å². The van der Waals surface area contributed by atoms with Crippen molar-refractivity contribution in [2.45, 2.75) is 30.6 Å². The predicted molar refractivity (Wildman–Crippen MR) is 128 cm³/mol. The minimum Gasteiger partial charge on any atom is -0.497 e. The van der Waals surface area contributed by atoms with Gasteiger partial charge in [-0.05, 0) is 49.2 Å². The standard InChI is InChI=1S/C22H22N6O3S2/c1-30-15-9-7-14(8-10-15)21-24-25-22(28(21)12-16-4-3-11-31-16)32-13-19(29)23-17-5-2-6-18-20(17)27-33-26-18/h2,5-10,16H,3-4,11-13H2,1H3,(H,23,29). The number of amides is 1. The topological polar surface area (TPSA) is 104 Å². The zero-order chi connectivity index (χ0) is 22.6. The van der Waals surface area contributed by atoms with Gasteiger partial charge in [-0.25, -0.2) is 0 Å². The first-order valence-corrected chi connectivity index (χ1v) is 12.3. The van der Waals surface area contributed by atoms with E-state index in [0.29, 0.717) is 22.9 Å². The second-order valence-corrected chi connectivity index (χ2v) is 9.03. The summed E-state index contributed by atoms with van der Waals surface area (Å²) in [6.07, 6.45) is 2.16. The highest BCUT2D eigenvalue weighted by Crippen LogP contribution is 2.28. The normalized spacial score (nSPS) is 15.7. The Morgan fingerprint density at radius 2 is 2.12 bits per heavy atom. The smallest absolute Gasteiger partial charge is 0.234 e. The first kappa shape index (κ1) is 21.8. The molecule has 33 heavy (non-hydrogen) atoms. The maximum atomic E-state index is 12.7. The minimum absolute atomic E-state index is 0.112. The van der Waals surface area contributed by atoms with E-state index in [1.165, 1.54) is 11.8 Å². The molecule has 1 N–H and O–H groups in total. The van der Waals surface area contributed by atoms with E-state index in [4.69, 9.17) is 9.47 Å². The molecule has 1 aliphatic rings. The molecule has 1 amide bonds. The molecule has 3 heterocycles. The Kier molecular flexibility index (Phi) is 6.51. The molecule has 11 heteroatoms. The minimum atomic E-state index is -0.141. The number of ether oxygens (including phenoxy) is 2. The van der Waals surface area contributed by atoms with Gasteiger partial charge < -0.3 is 14.8 Å². The number of benzene rings is 2. The van der Waals surface area contributed by atoms with Crippen LogP contribution in [0.2, 0.25) is 0 Å². The lowest BCUT2D eigenvalue weighted by atomic mass is 10.2. The van der Waals surface area contributed by atoms with Crippen LogP contribution in [-0.4, -0.2) is 55.0 Å². The number of hydrogen-bond acceptors (Lipinski definition) is 9. The highest BCUT2D eigenvalue weighted by atomic mass is 32.2. The van der Waals surface area contributed by atoms with Gasteiger partial charge in [-0.15, -0.1) is 10.2 Å². The van der Waals surface area contributed by atoms with Gasteiger partial charge >= 0.3 is 0 Å². The van der Waals surface area contributed by atoms with Crippen LogP contribution in [-0.2, 0) is 16.1 Å². The number of aromatic nitrogens is 5. The molecule has 1 unspecified atom stereocenters. The van der Waals surface area contributed by atoms with Crippen LogP contribution >= 0.6 is 23.5 Å². The fraction of sp³-hybridized carbons (Fsp3) is 0.318. The molecule has 0 spiro atoms. The van der Waals surface area contributed by atoms with Crippen molar-refractivity contribution in [2.24, 2.45) is 0 Å². The van der Waals surface area contributed by atoms with Crippen LogP contribution in [0, 0.1) is 0 Å². The van der Waals surface area contributed by atoms with Crippen LogP contribution in [0.5, 0.6) is 5.75 Å². The van der Waals surface area contributed by atoms with Gasteiger partial charge in [0, 0.05) is 12.2 Å². The number of hydrogen-bond donors (Lipinski definition) is 1. The highest BCUT2D eigenvalue weighted by Gasteiger charge is 2.22. The number of anilines is 1. The van der Waals surface area contributed by atoms with Crippen molar-refractivity contribution in [3.63, 3.8) is 0 Å². The zero-order valence-corrected chi connectivity index (χ0v) is 19.6. The van der Waals surface area contributed by atoms with Gasteiger partial charge in [-0.1, -0.05) is 17.8 Å². The van der Waals surface area contributed by atoms with Crippen molar-refractivity contribution >= 4 is 46.1 Å². The SMILES string of the molecule is COc1ccc(-c2nnc(SCC(=O)Nc3cccc4nsnc34)n2CC2CCCO2)cc1. The van der Waals surface area contributed by atoms with E-state index in [0.717, 1.165) is 53.8 Å². The molecule has 5 rings (SSSR count). The largest absolute Gasteiger partial charge is 0.497 e. The first-order valence-electron chi connectivity index (χ1n) is 10.5. The van der Waals surface area contributed by atoms with E-state index in [1.54, 1.807) is 7.11 Å². The summed E-state index contributed by atoms with van der Waals surface area (Å²) in [5.41, 5.74) is 3.06. The fourth-order valence-electron chi connectivity index (χ4n) is 3.73. The van der Waals surface area contributed by atoms with Crippen molar-refractivity contribution < 1.29 is 14.3 Å². The van der Waals surface area contributed by atoms with Crippen LogP contribution in [0.25, 0.3) is 22.4 Å². The Bertz CT molecular complexity index is 1250.